The van der Waals surface area contributed by atoms with Gasteiger partial charge in [-0.3, -0.25) is 4.79 Å². The lowest BCUT2D eigenvalue weighted by molar-refractivity contribution is 0.0973. The molecule has 0 atom stereocenters. The lowest BCUT2D eigenvalue weighted by Crippen LogP contribution is -2.13. The summed E-state index contributed by atoms with van der Waals surface area (Å²) in [4.78, 5) is 12.6. The fourth-order valence-corrected chi connectivity index (χ4v) is 3.26. The van der Waals surface area contributed by atoms with E-state index in [0.717, 1.165) is 29.9 Å². The topological polar surface area (TPSA) is 56.1 Å². The summed E-state index contributed by atoms with van der Waals surface area (Å²) in [6.07, 6.45) is 2.27. The third-order valence-electron chi connectivity index (χ3n) is 4.44. The van der Waals surface area contributed by atoms with Gasteiger partial charge in [0.05, 0.1) is 29.7 Å². The smallest absolute Gasteiger partial charge is 0.168 e. The lowest BCUT2D eigenvalue weighted by Gasteiger charge is -2.14. The predicted octanol–water partition coefficient (Wildman–Crippen LogP) is 4.14. The number of ketones is 1. The predicted molar refractivity (Wildman–Crippen MR) is 97.1 cm³/mol. The van der Waals surface area contributed by atoms with E-state index in [0.29, 0.717) is 23.6 Å². The summed E-state index contributed by atoms with van der Waals surface area (Å²) in [6.45, 7) is 0. The van der Waals surface area contributed by atoms with Crippen molar-refractivity contribution in [1.82, 2.24) is 9.78 Å². The Labute approximate surface area is 146 Å². The Bertz CT molecular complexity index is 916. The number of para-hydroxylation sites is 3. The Morgan fingerprint density at radius 2 is 1.80 bits per heavy atom. The van der Waals surface area contributed by atoms with Crippen LogP contribution in [-0.2, 0) is 6.42 Å². The molecule has 1 N–H and O–H groups in total. The number of hydrogen-bond acceptors (Lipinski definition) is 4. The fraction of sp³-hybridized carbons (Fsp3) is 0.200. The van der Waals surface area contributed by atoms with Crippen LogP contribution < -0.4 is 10.1 Å². The second-order valence-corrected chi connectivity index (χ2v) is 6.02. The number of anilines is 2. The molecule has 1 aliphatic rings. The largest absolute Gasteiger partial charge is 0.495 e. The molecule has 3 aromatic rings. The number of ether oxygens (including phenoxy) is 1. The molecule has 0 spiro atoms. The molecule has 1 aromatic heterocycles. The van der Waals surface area contributed by atoms with Crippen molar-refractivity contribution in [2.45, 2.75) is 19.3 Å². The first-order valence-electron chi connectivity index (χ1n) is 8.38. The van der Waals surface area contributed by atoms with E-state index in [9.17, 15) is 4.79 Å². The summed E-state index contributed by atoms with van der Waals surface area (Å²) < 4.78 is 7.28. The van der Waals surface area contributed by atoms with Gasteiger partial charge in [0, 0.05) is 6.42 Å². The van der Waals surface area contributed by atoms with Gasteiger partial charge in [0.15, 0.2) is 11.6 Å². The normalized spacial score (nSPS) is 13.4. The zero-order chi connectivity index (χ0) is 17.2. The summed E-state index contributed by atoms with van der Waals surface area (Å²) in [5.41, 5.74) is 3.42. The standard InChI is InChI=1S/C20H19N3O2/c1-25-18-13-6-5-10-15(18)21-20-19-16(11-7-12-17(19)24)23(22-20)14-8-3-2-4-9-14/h2-6,8-10,13H,7,11-12H2,1H3,(H,21,22). The molecule has 126 valence electrons. The van der Waals surface area contributed by atoms with Crippen LogP contribution in [0.4, 0.5) is 11.5 Å². The number of benzene rings is 2. The van der Waals surface area contributed by atoms with Crippen LogP contribution in [-0.4, -0.2) is 22.7 Å². The fourth-order valence-electron chi connectivity index (χ4n) is 3.26. The molecule has 0 fully saturated rings. The maximum Gasteiger partial charge on any atom is 0.168 e. The van der Waals surface area contributed by atoms with Crippen LogP contribution in [0.3, 0.4) is 0 Å². The van der Waals surface area contributed by atoms with Crippen molar-refractivity contribution in [3.8, 4) is 11.4 Å². The van der Waals surface area contributed by atoms with Crippen LogP contribution >= 0.6 is 0 Å². The molecule has 0 unspecified atom stereocenters. The second-order valence-electron chi connectivity index (χ2n) is 6.02. The number of nitrogens with zero attached hydrogens (tertiary/aromatic N) is 2. The van der Waals surface area contributed by atoms with E-state index in [-0.39, 0.29) is 5.78 Å². The molecule has 1 heterocycles. The van der Waals surface area contributed by atoms with Crippen LogP contribution in [0.5, 0.6) is 5.75 Å². The van der Waals surface area contributed by atoms with Crippen LogP contribution in [0.15, 0.2) is 54.6 Å². The van der Waals surface area contributed by atoms with E-state index in [4.69, 9.17) is 9.84 Å². The van der Waals surface area contributed by atoms with Crippen molar-refractivity contribution in [2.24, 2.45) is 0 Å². The molecule has 1 aliphatic carbocycles. The molecular weight excluding hydrogens is 314 g/mol. The number of nitrogens with one attached hydrogen (secondary N) is 1. The second kappa shape index (κ2) is 6.43. The van der Waals surface area contributed by atoms with Crippen LogP contribution in [0.1, 0.15) is 28.9 Å². The number of carbonyl (C=O) groups is 1. The van der Waals surface area contributed by atoms with Crippen molar-refractivity contribution < 1.29 is 9.53 Å². The van der Waals surface area contributed by atoms with Crippen molar-refractivity contribution in [3.63, 3.8) is 0 Å². The Morgan fingerprint density at radius 1 is 1.04 bits per heavy atom. The monoisotopic (exact) mass is 333 g/mol. The van der Waals surface area contributed by atoms with Gasteiger partial charge in [0.2, 0.25) is 0 Å². The average Bonchev–Trinajstić information content (AvgIpc) is 3.03. The molecule has 0 saturated carbocycles. The Hall–Kier alpha value is -3.08. The van der Waals surface area contributed by atoms with E-state index < -0.39 is 0 Å². The molecular formula is C20H19N3O2. The molecule has 0 amide bonds. The summed E-state index contributed by atoms with van der Waals surface area (Å²) in [5, 5.41) is 8.01. The Balaban J connectivity index is 1.83. The van der Waals surface area contributed by atoms with E-state index >= 15 is 0 Å². The first-order chi connectivity index (χ1) is 12.3. The van der Waals surface area contributed by atoms with Crippen LogP contribution in [0.25, 0.3) is 5.69 Å². The summed E-state index contributed by atoms with van der Waals surface area (Å²) in [7, 11) is 1.63. The summed E-state index contributed by atoms with van der Waals surface area (Å²) in [5.74, 6) is 1.45. The molecule has 0 saturated heterocycles. The number of aromatic nitrogens is 2. The van der Waals surface area contributed by atoms with Crippen LogP contribution in [0.2, 0.25) is 0 Å². The Morgan fingerprint density at radius 3 is 2.60 bits per heavy atom. The van der Waals surface area contributed by atoms with E-state index in [1.165, 1.54) is 0 Å². The van der Waals surface area contributed by atoms with Gasteiger partial charge in [0.25, 0.3) is 0 Å². The average molecular weight is 333 g/mol. The lowest BCUT2D eigenvalue weighted by atomic mass is 9.95. The van der Waals surface area contributed by atoms with Crippen molar-refractivity contribution in [2.75, 3.05) is 12.4 Å². The minimum absolute atomic E-state index is 0.140. The quantitative estimate of drug-likeness (QED) is 0.779. The van der Waals surface area contributed by atoms with Crippen molar-refractivity contribution in [3.05, 3.63) is 65.9 Å². The molecule has 0 radical (unpaired) electrons. The van der Waals surface area contributed by atoms with Gasteiger partial charge in [-0.2, -0.15) is 0 Å². The molecule has 25 heavy (non-hydrogen) atoms. The molecule has 5 heteroatoms. The number of rotatable bonds is 4. The SMILES string of the molecule is COc1ccccc1Nc1nn(-c2ccccc2)c2c1C(=O)CCC2. The van der Waals surface area contributed by atoms with Gasteiger partial charge in [-0.05, 0) is 37.1 Å². The number of hydrogen-bond donors (Lipinski definition) is 1. The highest BCUT2D eigenvalue weighted by molar-refractivity contribution is 6.03. The zero-order valence-electron chi connectivity index (χ0n) is 14.0. The van der Waals surface area contributed by atoms with Gasteiger partial charge in [0.1, 0.15) is 5.75 Å². The van der Waals surface area contributed by atoms with Gasteiger partial charge >= 0.3 is 0 Å². The zero-order valence-corrected chi connectivity index (χ0v) is 14.0. The molecule has 5 nitrogen and oxygen atoms in total. The van der Waals surface area contributed by atoms with Crippen LogP contribution in [0, 0.1) is 0 Å². The van der Waals surface area contributed by atoms with E-state index in [2.05, 4.69) is 5.32 Å². The van der Waals surface area contributed by atoms with Gasteiger partial charge in [-0.15, -0.1) is 5.10 Å². The minimum Gasteiger partial charge on any atom is -0.495 e. The Kier molecular flexibility index (Phi) is 3.98. The number of carbonyl (C=O) groups excluding carboxylic acids is 1. The van der Waals surface area contributed by atoms with Crippen molar-refractivity contribution >= 4 is 17.3 Å². The number of Topliss-reactive ketones (excluding diaryl/α,β-unsaturated/α-hetero) is 1. The molecule has 0 aliphatic heterocycles. The maximum absolute atomic E-state index is 12.6. The molecule has 0 bridgehead atoms. The van der Waals surface area contributed by atoms with Gasteiger partial charge in [-0.1, -0.05) is 30.3 Å². The van der Waals surface area contributed by atoms with E-state index in [1.54, 1.807) is 7.11 Å². The maximum atomic E-state index is 12.6. The van der Waals surface area contributed by atoms with E-state index in [1.807, 2.05) is 59.3 Å². The van der Waals surface area contributed by atoms with Gasteiger partial charge < -0.3 is 10.1 Å². The third kappa shape index (κ3) is 2.78. The number of fused-ring (bicyclic) bond motifs is 1. The third-order valence-corrected chi connectivity index (χ3v) is 4.44. The highest BCUT2D eigenvalue weighted by Crippen LogP contribution is 2.34. The summed E-state index contributed by atoms with van der Waals surface area (Å²) >= 11 is 0. The first-order valence-corrected chi connectivity index (χ1v) is 8.38. The molecule has 4 rings (SSSR count). The highest BCUT2D eigenvalue weighted by Gasteiger charge is 2.28. The highest BCUT2D eigenvalue weighted by atomic mass is 16.5. The molecule has 2 aromatic carbocycles. The van der Waals surface area contributed by atoms with Crippen molar-refractivity contribution in [1.29, 1.82) is 0 Å². The first kappa shape index (κ1) is 15.4. The summed E-state index contributed by atoms with van der Waals surface area (Å²) in [6, 6.07) is 17.5. The number of methoxy groups -OCH3 is 1. The van der Waals surface area contributed by atoms with Gasteiger partial charge in [-0.25, -0.2) is 4.68 Å². The minimum atomic E-state index is 0.140.